The van der Waals surface area contributed by atoms with Crippen molar-refractivity contribution in [3.8, 4) is 0 Å². The summed E-state index contributed by atoms with van der Waals surface area (Å²) in [4.78, 5) is 13.4. The number of carbonyl (C=O) groups excluding carboxylic acids is 1. The van der Waals surface area contributed by atoms with Crippen LogP contribution in [-0.2, 0) is 21.0 Å². The highest BCUT2D eigenvalue weighted by Gasteiger charge is 2.32. The number of amides is 1. The monoisotopic (exact) mass is 480 g/mol. The molecule has 31 heavy (non-hydrogen) atoms. The third kappa shape index (κ3) is 5.55. The van der Waals surface area contributed by atoms with Crippen molar-refractivity contribution in [2.45, 2.75) is 16.0 Å². The van der Waals surface area contributed by atoms with Gasteiger partial charge in [-0.15, -0.1) is 11.8 Å². The van der Waals surface area contributed by atoms with Crippen molar-refractivity contribution in [2.75, 3.05) is 31.9 Å². The molecule has 1 heterocycles. The zero-order chi connectivity index (χ0) is 22.8. The Hall–Kier alpha value is -2.18. The Kier molecular flexibility index (Phi) is 6.92. The number of thioether (sulfide) groups is 1. The first-order chi connectivity index (χ1) is 14.5. The number of hydrogen-bond acceptors (Lipinski definition) is 4. The molecule has 2 aromatic carbocycles. The summed E-state index contributed by atoms with van der Waals surface area (Å²) in [7, 11) is -4.19. The third-order valence-electron chi connectivity index (χ3n) is 4.63. The van der Waals surface area contributed by atoms with Crippen LogP contribution in [0.2, 0.25) is 0 Å². The van der Waals surface area contributed by atoms with Crippen molar-refractivity contribution in [2.24, 2.45) is 0 Å². The predicted molar refractivity (Wildman–Crippen MR) is 104 cm³/mol. The summed E-state index contributed by atoms with van der Waals surface area (Å²) in [6.45, 7) is -0.0771. The third-order valence-corrected chi connectivity index (χ3v) is 7.54. The summed E-state index contributed by atoms with van der Waals surface area (Å²) in [6, 6.07) is 6.81. The molecule has 2 aromatic rings. The van der Waals surface area contributed by atoms with Crippen molar-refractivity contribution in [1.29, 1.82) is 0 Å². The first-order valence-electron chi connectivity index (χ1n) is 9.01. The highest BCUT2D eigenvalue weighted by molar-refractivity contribution is 8.00. The molecule has 0 atom stereocenters. The van der Waals surface area contributed by atoms with Crippen LogP contribution >= 0.6 is 11.8 Å². The molecule has 1 aliphatic rings. The van der Waals surface area contributed by atoms with Gasteiger partial charge in [0.15, 0.2) is 0 Å². The molecule has 0 unspecified atom stereocenters. The molecule has 168 valence electrons. The lowest BCUT2D eigenvalue weighted by molar-refractivity contribution is -0.137. The molecule has 3 rings (SSSR count). The molecule has 0 aliphatic carbocycles. The number of alkyl halides is 3. The molecule has 0 N–H and O–H groups in total. The zero-order valence-electron chi connectivity index (χ0n) is 15.9. The van der Waals surface area contributed by atoms with E-state index >= 15 is 0 Å². The molecule has 0 spiro atoms. The minimum Gasteiger partial charge on any atom is -0.339 e. The molecule has 1 amide bonds. The van der Waals surface area contributed by atoms with E-state index in [1.54, 1.807) is 0 Å². The van der Waals surface area contributed by atoms with Gasteiger partial charge >= 0.3 is 6.18 Å². The van der Waals surface area contributed by atoms with Crippen LogP contribution in [0, 0.1) is 11.6 Å². The van der Waals surface area contributed by atoms with Crippen molar-refractivity contribution < 1.29 is 35.2 Å². The van der Waals surface area contributed by atoms with Crippen LogP contribution < -0.4 is 0 Å². The maximum absolute atomic E-state index is 13.9. The lowest BCUT2D eigenvalue weighted by Gasteiger charge is -2.34. The van der Waals surface area contributed by atoms with E-state index in [1.165, 1.54) is 17.0 Å². The number of rotatable bonds is 5. The van der Waals surface area contributed by atoms with E-state index < -0.39 is 38.3 Å². The van der Waals surface area contributed by atoms with Gasteiger partial charge in [0.25, 0.3) is 0 Å². The van der Waals surface area contributed by atoms with Crippen LogP contribution in [-0.4, -0.2) is 55.5 Å². The smallest absolute Gasteiger partial charge is 0.339 e. The molecule has 1 aliphatic heterocycles. The maximum atomic E-state index is 13.9. The molecular formula is C19H17F5N2O3S2. The number of carbonyl (C=O) groups is 1. The molecule has 0 radical (unpaired) electrons. The summed E-state index contributed by atoms with van der Waals surface area (Å²) in [5.74, 6) is -2.56. The average molecular weight is 480 g/mol. The second-order valence-electron chi connectivity index (χ2n) is 6.67. The van der Waals surface area contributed by atoms with Gasteiger partial charge in [0.2, 0.25) is 15.9 Å². The van der Waals surface area contributed by atoms with E-state index in [2.05, 4.69) is 0 Å². The van der Waals surface area contributed by atoms with Gasteiger partial charge in [-0.25, -0.2) is 17.2 Å². The second-order valence-corrected chi connectivity index (χ2v) is 9.63. The molecular weight excluding hydrogens is 463 g/mol. The normalized spacial score (nSPS) is 15.8. The van der Waals surface area contributed by atoms with E-state index in [0.717, 1.165) is 40.3 Å². The Morgan fingerprint density at radius 2 is 1.68 bits per heavy atom. The van der Waals surface area contributed by atoms with Crippen LogP contribution in [0.15, 0.2) is 52.3 Å². The SMILES string of the molecule is O=C(CSc1cccc(C(F)(F)F)c1)N1CCN(S(=O)(=O)c2ccc(F)cc2F)CC1. The maximum Gasteiger partial charge on any atom is 0.416 e. The van der Waals surface area contributed by atoms with Gasteiger partial charge in [0.1, 0.15) is 16.5 Å². The molecule has 0 aromatic heterocycles. The Labute approximate surface area is 179 Å². The second kappa shape index (κ2) is 9.13. The van der Waals surface area contributed by atoms with Gasteiger partial charge in [-0.2, -0.15) is 17.5 Å². The van der Waals surface area contributed by atoms with E-state index in [1.807, 2.05) is 0 Å². The number of hydrogen-bond donors (Lipinski definition) is 0. The van der Waals surface area contributed by atoms with Crippen LogP contribution in [0.4, 0.5) is 22.0 Å². The fourth-order valence-corrected chi connectivity index (χ4v) is 5.33. The van der Waals surface area contributed by atoms with E-state index in [-0.39, 0.29) is 42.7 Å². The number of sulfonamides is 1. The molecule has 5 nitrogen and oxygen atoms in total. The number of halogens is 5. The summed E-state index contributed by atoms with van der Waals surface area (Å²) >= 11 is 0.951. The first kappa shape index (κ1) is 23.5. The largest absolute Gasteiger partial charge is 0.416 e. The minimum atomic E-state index is -4.48. The lowest BCUT2D eigenvalue weighted by atomic mass is 10.2. The molecule has 1 fully saturated rings. The van der Waals surface area contributed by atoms with Gasteiger partial charge in [-0.3, -0.25) is 4.79 Å². The number of nitrogens with zero attached hydrogens (tertiary/aromatic N) is 2. The molecule has 0 bridgehead atoms. The van der Waals surface area contributed by atoms with Gasteiger partial charge < -0.3 is 4.90 Å². The Morgan fingerprint density at radius 3 is 2.29 bits per heavy atom. The van der Waals surface area contributed by atoms with Crippen molar-refractivity contribution in [1.82, 2.24) is 9.21 Å². The van der Waals surface area contributed by atoms with Crippen molar-refractivity contribution in [3.05, 3.63) is 59.7 Å². The summed E-state index contributed by atoms with van der Waals surface area (Å²) in [5, 5.41) is 0. The zero-order valence-corrected chi connectivity index (χ0v) is 17.5. The van der Waals surface area contributed by atoms with Gasteiger partial charge in [0.05, 0.1) is 11.3 Å². The standard InChI is InChI=1S/C19H17F5N2O3S2/c20-14-4-5-17(16(21)11-14)31(28,29)26-8-6-25(7-9-26)18(27)12-30-15-3-1-2-13(10-15)19(22,23)24/h1-5,10-11H,6-9,12H2. The number of piperazine rings is 1. The van der Waals surface area contributed by atoms with Crippen molar-refractivity contribution >= 4 is 27.7 Å². The van der Waals surface area contributed by atoms with Gasteiger partial charge in [0, 0.05) is 37.1 Å². The van der Waals surface area contributed by atoms with Crippen LogP contribution in [0.5, 0.6) is 0 Å². The van der Waals surface area contributed by atoms with Crippen LogP contribution in [0.1, 0.15) is 5.56 Å². The van der Waals surface area contributed by atoms with E-state index in [9.17, 15) is 35.2 Å². The summed E-state index contributed by atoms with van der Waals surface area (Å²) < 4.78 is 91.4. The van der Waals surface area contributed by atoms with Crippen LogP contribution in [0.25, 0.3) is 0 Å². The topological polar surface area (TPSA) is 57.7 Å². The average Bonchev–Trinajstić information content (AvgIpc) is 2.71. The van der Waals surface area contributed by atoms with E-state index in [0.29, 0.717) is 6.07 Å². The van der Waals surface area contributed by atoms with Crippen molar-refractivity contribution in [3.63, 3.8) is 0 Å². The highest BCUT2D eigenvalue weighted by Crippen LogP contribution is 2.32. The predicted octanol–water partition coefficient (Wildman–Crippen LogP) is 3.61. The van der Waals surface area contributed by atoms with E-state index in [4.69, 9.17) is 0 Å². The quantitative estimate of drug-likeness (QED) is 0.485. The van der Waals surface area contributed by atoms with Gasteiger partial charge in [-0.1, -0.05) is 6.07 Å². The number of benzene rings is 2. The van der Waals surface area contributed by atoms with Crippen LogP contribution in [0.3, 0.4) is 0 Å². The lowest BCUT2D eigenvalue weighted by Crippen LogP contribution is -2.51. The Bertz CT molecular complexity index is 1070. The Morgan fingerprint density at radius 1 is 1.00 bits per heavy atom. The Balaban J connectivity index is 1.57. The molecule has 1 saturated heterocycles. The molecule has 12 heteroatoms. The highest BCUT2D eigenvalue weighted by atomic mass is 32.2. The fourth-order valence-electron chi connectivity index (χ4n) is 3.00. The summed E-state index contributed by atoms with van der Waals surface area (Å²) in [6.07, 6.45) is -4.48. The summed E-state index contributed by atoms with van der Waals surface area (Å²) in [5.41, 5.74) is -0.809. The minimum absolute atomic E-state index is 0.0457. The van der Waals surface area contributed by atoms with Gasteiger partial charge in [-0.05, 0) is 30.3 Å². The molecule has 0 saturated carbocycles. The fraction of sp³-hybridized carbons (Fsp3) is 0.316. The first-order valence-corrected chi connectivity index (χ1v) is 11.4.